The highest BCUT2D eigenvalue weighted by atomic mass is 35.5. The molecule has 3 unspecified atom stereocenters. The van der Waals surface area contributed by atoms with E-state index >= 15 is 0 Å². The average molecular weight is 457 g/mol. The Labute approximate surface area is 185 Å². The lowest BCUT2D eigenvalue weighted by atomic mass is 9.67. The summed E-state index contributed by atoms with van der Waals surface area (Å²) in [6.07, 6.45) is -0.421. The van der Waals surface area contributed by atoms with Gasteiger partial charge in [0.15, 0.2) is 6.54 Å². The van der Waals surface area contributed by atoms with Gasteiger partial charge in [-0.05, 0) is 36.6 Å². The molecule has 0 aromatic heterocycles. The number of ether oxygens (including phenoxy) is 2. The van der Waals surface area contributed by atoms with Gasteiger partial charge in [-0.25, -0.2) is 0 Å². The smallest absolute Gasteiger partial charge is 0.496 e. The number of halogens is 4. The number of methoxy groups -OCH3 is 1. The number of rotatable bonds is 4. The first-order valence-electron chi connectivity index (χ1n) is 10.3. The second-order valence-corrected chi connectivity index (χ2v) is 8.23. The van der Waals surface area contributed by atoms with Crippen LogP contribution in [0.1, 0.15) is 55.1 Å². The van der Waals surface area contributed by atoms with Crippen LogP contribution in [0, 0.1) is 4.91 Å². The summed E-state index contributed by atoms with van der Waals surface area (Å²) in [6.45, 7) is 0.231. The Morgan fingerprint density at radius 3 is 2.52 bits per heavy atom. The first-order chi connectivity index (χ1) is 14.3. The zero-order chi connectivity index (χ0) is 21.4. The van der Waals surface area contributed by atoms with Crippen molar-refractivity contribution in [1.82, 2.24) is 0 Å². The number of hydrogen-bond acceptors (Lipinski definition) is 3. The summed E-state index contributed by atoms with van der Waals surface area (Å²) < 4.78 is 48.8. The zero-order valence-corrected chi connectivity index (χ0v) is 18.0. The van der Waals surface area contributed by atoms with E-state index in [2.05, 4.69) is 16.9 Å². The molecule has 1 saturated carbocycles. The summed E-state index contributed by atoms with van der Waals surface area (Å²) in [7, 11) is 1.48. The highest BCUT2D eigenvalue weighted by molar-refractivity contribution is 5.85. The van der Waals surface area contributed by atoms with Gasteiger partial charge in [0.1, 0.15) is 11.5 Å². The average Bonchev–Trinajstić information content (AvgIpc) is 3.04. The van der Waals surface area contributed by atoms with Gasteiger partial charge in [0.05, 0.1) is 18.9 Å². The molecule has 0 bridgehead atoms. The van der Waals surface area contributed by atoms with E-state index in [1.54, 1.807) is 0 Å². The first-order valence-corrected chi connectivity index (χ1v) is 10.3. The zero-order valence-electron chi connectivity index (χ0n) is 17.2. The minimum absolute atomic E-state index is 0. The minimum atomic E-state index is -4.77. The predicted octanol–water partition coefficient (Wildman–Crippen LogP) is 6.38. The minimum Gasteiger partial charge on any atom is -0.496 e. The molecule has 3 atom stereocenters. The van der Waals surface area contributed by atoms with Crippen LogP contribution in [0.25, 0.3) is 0 Å². The fourth-order valence-corrected chi connectivity index (χ4v) is 5.34. The third-order valence-corrected chi connectivity index (χ3v) is 6.56. The maximum atomic E-state index is 13.3. The first kappa shape index (κ1) is 23.4. The SMILES string of the molecule is COc1ccc(OC(F)(F)F)cc1C1C[N+](=O)C2(CCCCC2c2ccccc2)C1.Cl. The van der Waals surface area contributed by atoms with Gasteiger partial charge in [0, 0.05) is 28.1 Å². The molecule has 2 aliphatic rings. The van der Waals surface area contributed by atoms with Gasteiger partial charge in [0.25, 0.3) is 0 Å². The molecule has 0 radical (unpaired) electrons. The largest absolute Gasteiger partial charge is 0.573 e. The Morgan fingerprint density at radius 1 is 1.10 bits per heavy atom. The quantitative estimate of drug-likeness (QED) is 0.501. The van der Waals surface area contributed by atoms with Crippen LogP contribution in [0.15, 0.2) is 48.5 Å². The van der Waals surface area contributed by atoms with Crippen molar-refractivity contribution in [3.05, 3.63) is 64.6 Å². The van der Waals surface area contributed by atoms with Crippen LogP contribution in [0.3, 0.4) is 0 Å². The monoisotopic (exact) mass is 456 g/mol. The molecule has 1 aliphatic heterocycles. The van der Waals surface area contributed by atoms with Gasteiger partial charge in [-0.15, -0.1) is 25.6 Å². The van der Waals surface area contributed by atoms with E-state index in [0.717, 1.165) is 31.2 Å². The van der Waals surface area contributed by atoms with E-state index in [1.807, 2.05) is 18.2 Å². The van der Waals surface area contributed by atoms with E-state index < -0.39 is 11.9 Å². The Balaban J connectivity index is 0.00000272. The molecule has 2 aromatic carbocycles. The van der Waals surface area contributed by atoms with E-state index in [4.69, 9.17) is 4.74 Å². The molecule has 31 heavy (non-hydrogen) atoms. The second kappa shape index (κ2) is 9.07. The normalized spacial score (nSPS) is 25.9. The molecule has 0 amide bonds. The molecule has 8 heteroatoms. The molecule has 1 spiro atoms. The third kappa shape index (κ3) is 4.66. The molecule has 2 fully saturated rings. The highest BCUT2D eigenvalue weighted by Crippen LogP contribution is 2.53. The Kier molecular flexibility index (Phi) is 6.84. The molecule has 1 heterocycles. The van der Waals surface area contributed by atoms with Crippen molar-refractivity contribution >= 4 is 12.4 Å². The van der Waals surface area contributed by atoms with Crippen molar-refractivity contribution in [2.75, 3.05) is 13.7 Å². The van der Waals surface area contributed by atoms with Crippen LogP contribution in [-0.2, 0) is 0 Å². The molecule has 2 aromatic rings. The second-order valence-electron chi connectivity index (χ2n) is 8.23. The van der Waals surface area contributed by atoms with E-state index in [9.17, 15) is 18.1 Å². The lowest BCUT2D eigenvalue weighted by Gasteiger charge is -2.34. The number of nitrogens with zero attached hydrogens (tertiary/aromatic N) is 1. The lowest BCUT2D eigenvalue weighted by molar-refractivity contribution is -0.614. The van der Waals surface area contributed by atoms with Crippen LogP contribution in [-0.4, -0.2) is 30.3 Å². The summed E-state index contributed by atoms with van der Waals surface area (Å²) in [5.74, 6) is 0.0705. The van der Waals surface area contributed by atoms with Crippen LogP contribution in [0.4, 0.5) is 13.2 Å². The van der Waals surface area contributed by atoms with Crippen LogP contribution in [0.2, 0.25) is 0 Å². The van der Waals surface area contributed by atoms with Gasteiger partial charge >= 0.3 is 6.36 Å². The molecular weight excluding hydrogens is 431 g/mol. The highest BCUT2D eigenvalue weighted by Gasteiger charge is 2.60. The summed E-state index contributed by atoms with van der Waals surface area (Å²) in [5.41, 5.74) is 1.20. The maximum Gasteiger partial charge on any atom is 0.573 e. The fraction of sp³-hybridized carbons (Fsp3) is 0.478. The van der Waals surface area contributed by atoms with Gasteiger partial charge < -0.3 is 9.47 Å². The summed E-state index contributed by atoms with van der Waals surface area (Å²) in [5, 5.41) is 0. The standard InChI is InChI=1S/C23H25F3NO3.ClH/c1-29-21-11-10-18(30-23(24,25)26)13-19(21)17-14-22(27(28)15-17)12-6-5-9-20(22)16-7-3-2-4-8-16;/h2-4,7-8,10-11,13,17,20H,5-6,9,12,14-15H2,1H3;1H/q+1;. The molecule has 0 N–H and O–H groups in total. The summed E-state index contributed by atoms with van der Waals surface area (Å²) in [6, 6.07) is 14.1. The van der Waals surface area contributed by atoms with Crippen molar-refractivity contribution in [1.29, 1.82) is 0 Å². The number of benzene rings is 2. The van der Waals surface area contributed by atoms with Crippen molar-refractivity contribution < 1.29 is 27.4 Å². The van der Waals surface area contributed by atoms with Crippen LogP contribution in [0.5, 0.6) is 11.5 Å². The topological polar surface area (TPSA) is 38.5 Å². The van der Waals surface area contributed by atoms with Crippen LogP contribution >= 0.6 is 12.4 Å². The van der Waals surface area contributed by atoms with Crippen molar-refractivity contribution in [3.63, 3.8) is 0 Å². The van der Waals surface area contributed by atoms with Crippen molar-refractivity contribution in [2.24, 2.45) is 0 Å². The molecule has 1 saturated heterocycles. The number of nitroso groups, excluding NO2 is 1. The van der Waals surface area contributed by atoms with Gasteiger partial charge in [-0.3, -0.25) is 0 Å². The van der Waals surface area contributed by atoms with E-state index in [-0.39, 0.29) is 36.5 Å². The summed E-state index contributed by atoms with van der Waals surface area (Å²) >= 11 is 0. The molecule has 168 valence electrons. The maximum absolute atomic E-state index is 13.3. The van der Waals surface area contributed by atoms with E-state index in [1.165, 1.54) is 30.1 Å². The fourth-order valence-electron chi connectivity index (χ4n) is 5.34. The van der Waals surface area contributed by atoms with Crippen molar-refractivity contribution in [2.45, 2.75) is 55.8 Å². The predicted molar refractivity (Wildman–Crippen MR) is 113 cm³/mol. The molecule has 4 rings (SSSR count). The molecular formula is C23H26ClF3NO3+. The lowest BCUT2D eigenvalue weighted by Crippen LogP contribution is -2.44. The molecule has 1 aliphatic carbocycles. The van der Waals surface area contributed by atoms with Gasteiger partial charge in [-0.2, -0.15) is 0 Å². The molecule has 4 nitrogen and oxygen atoms in total. The van der Waals surface area contributed by atoms with Crippen molar-refractivity contribution in [3.8, 4) is 11.5 Å². The summed E-state index contributed by atoms with van der Waals surface area (Å²) in [4.78, 5) is 13.3. The number of hydrogen-bond donors (Lipinski definition) is 0. The van der Waals surface area contributed by atoms with Crippen LogP contribution < -0.4 is 9.47 Å². The number of alkyl halides is 3. The Hall–Kier alpha value is -2.28. The van der Waals surface area contributed by atoms with E-state index in [0.29, 0.717) is 17.7 Å². The van der Waals surface area contributed by atoms with Gasteiger partial charge in [-0.1, -0.05) is 36.8 Å². The van der Waals surface area contributed by atoms with Gasteiger partial charge in [0.2, 0.25) is 5.54 Å². The third-order valence-electron chi connectivity index (χ3n) is 6.56. The Morgan fingerprint density at radius 2 is 1.84 bits per heavy atom. The Bertz CT molecular complexity index is 922.